The van der Waals surface area contributed by atoms with Crippen LogP contribution < -0.4 is 5.32 Å². The summed E-state index contributed by atoms with van der Waals surface area (Å²) in [7, 11) is 1.53. The zero-order valence-electron chi connectivity index (χ0n) is 15.5. The van der Waals surface area contributed by atoms with Crippen LogP contribution in [0.15, 0.2) is 23.4 Å². The van der Waals surface area contributed by atoms with Crippen LogP contribution in [-0.2, 0) is 4.79 Å². The SMILES string of the molecule is CN1C(=O)N[C@H](c2cc(F)c(F)cc2F)C2=C1CN(CCN1CCCC1)C2=O. The maximum atomic E-state index is 14.3. The smallest absolute Gasteiger partial charge is 0.322 e. The maximum absolute atomic E-state index is 14.3. The molecule has 0 unspecified atom stereocenters. The van der Waals surface area contributed by atoms with Crippen LogP contribution in [0.2, 0.25) is 0 Å². The average molecular weight is 394 g/mol. The van der Waals surface area contributed by atoms with Crippen LogP contribution in [-0.4, -0.2) is 66.4 Å². The summed E-state index contributed by atoms with van der Waals surface area (Å²) in [6.07, 6.45) is 2.28. The van der Waals surface area contributed by atoms with Gasteiger partial charge in [-0.25, -0.2) is 18.0 Å². The van der Waals surface area contributed by atoms with Gasteiger partial charge in [-0.05, 0) is 32.0 Å². The van der Waals surface area contributed by atoms with E-state index >= 15 is 0 Å². The number of likely N-dealkylation sites (tertiary alicyclic amines) is 1. The van der Waals surface area contributed by atoms with Crippen LogP contribution in [0.1, 0.15) is 24.4 Å². The molecule has 6 nitrogen and oxygen atoms in total. The van der Waals surface area contributed by atoms with Gasteiger partial charge >= 0.3 is 6.03 Å². The van der Waals surface area contributed by atoms with Crippen molar-refractivity contribution in [2.24, 2.45) is 0 Å². The Hall–Kier alpha value is -2.55. The van der Waals surface area contributed by atoms with Gasteiger partial charge in [0, 0.05) is 31.8 Å². The standard InChI is InChI=1S/C19H21F3N4O2/c1-24-15-10-26(7-6-25-4-2-3-5-25)18(27)16(15)17(23-19(24)28)11-8-13(21)14(22)9-12(11)20/h8-9,17H,2-7,10H2,1H3,(H,23,28)/t17-/m1/s1. The van der Waals surface area contributed by atoms with E-state index in [9.17, 15) is 22.8 Å². The Morgan fingerprint density at radius 3 is 2.43 bits per heavy atom. The van der Waals surface area contributed by atoms with Gasteiger partial charge in [0.2, 0.25) is 0 Å². The fourth-order valence-corrected chi connectivity index (χ4v) is 4.06. The van der Waals surface area contributed by atoms with E-state index in [1.165, 1.54) is 11.9 Å². The molecule has 0 bridgehead atoms. The minimum Gasteiger partial charge on any atom is -0.332 e. The number of halogens is 3. The van der Waals surface area contributed by atoms with Crippen molar-refractivity contribution in [1.82, 2.24) is 20.0 Å². The Labute approximate surface area is 160 Å². The predicted molar refractivity (Wildman–Crippen MR) is 94.6 cm³/mol. The van der Waals surface area contributed by atoms with Crippen molar-refractivity contribution in [2.75, 3.05) is 39.8 Å². The molecule has 0 radical (unpaired) electrons. The summed E-state index contributed by atoms with van der Waals surface area (Å²) in [6.45, 7) is 3.44. The third-order valence-corrected chi connectivity index (χ3v) is 5.67. The molecule has 1 aromatic rings. The molecule has 3 amide bonds. The fraction of sp³-hybridized carbons (Fsp3) is 0.474. The van der Waals surface area contributed by atoms with Crippen molar-refractivity contribution in [2.45, 2.75) is 18.9 Å². The van der Waals surface area contributed by atoms with Crippen LogP contribution in [0.5, 0.6) is 0 Å². The number of carbonyl (C=O) groups excluding carboxylic acids is 2. The van der Waals surface area contributed by atoms with Crippen molar-refractivity contribution in [3.63, 3.8) is 0 Å². The predicted octanol–water partition coefficient (Wildman–Crippen LogP) is 1.99. The topological polar surface area (TPSA) is 55.9 Å². The van der Waals surface area contributed by atoms with Crippen molar-refractivity contribution >= 4 is 11.9 Å². The number of nitrogens with zero attached hydrogens (tertiary/aromatic N) is 3. The molecule has 1 atom stereocenters. The van der Waals surface area contributed by atoms with Crippen molar-refractivity contribution in [3.8, 4) is 0 Å². The molecular formula is C19H21F3N4O2. The maximum Gasteiger partial charge on any atom is 0.322 e. The van der Waals surface area contributed by atoms with Crippen LogP contribution in [0.4, 0.5) is 18.0 Å². The number of hydrogen-bond acceptors (Lipinski definition) is 3. The van der Waals surface area contributed by atoms with Gasteiger partial charge < -0.3 is 15.1 Å². The Bertz CT molecular complexity index is 867. The highest BCUT2D eigenvalue weighted by molar-refractivity contribution is 6.01. The van der Waals surface area contributed by atoms with E-state index in [0.717, 1.165) is 32.5 Å². The first-order valence-electron chi connectivity index (χ1n) is 9.30. The Morgan fingerprint density at radius 1 is 1.04 bits per heavy atom. The Kier molecular flexibility index (Phi) is 4.78. The average Bonchev–Trinajstić information content (AvgIpc) is 3.28. The summed E-state index contributed by atoms with van der Waals surface area (Å²) in [5, 5.41) is 2.53. The first kappa shape index (κ1) is 18.8. The second-order valence-corrected chi connectivity index (χ2v) is 7.37. The molecule has 0 aliphatic carbocycles. The van der Waals surface area contributed by atoms with Crippen LogP contribution in [0, 0.1) is 17.5 Å². The monoisotopic (exact) mass is 394 g/mol. The van der Waals surface area contributed by atoms with Crippen molar-refractivity contribution in [1.29, 1.82) is 0 Å². The molecule has 1 aromatic carbocycles. The van der Waals surface area contributed by atoms with Gasteiger partial charge in [-0.2, -0.15) is 0 Å². The minimum absolute atomic E-state index is 0.202. The molecule has 3 aliphatic heterocycles. The van der Waals surface area contributed by atoms with Gasteiger partial charge in [-0.15, -0.1) is 0 Å². The number of benzene rings is 1. The third kappa shape index (κ3) is 3.13. The van der Waals surface area contributed by atoms with E-state index < -0.39 is 29.5 Å². The van der Waals surface area contributed by atoms with Crippen molar-refractivity contribution < 1.29 is 22.8 Å². The fourth-order valence-electron chi connectivity index (χ4n) is 4.06. The summed E-state index contributed by atoms with van der Waals surface area (Å²) in [4.78, 5) is 30.5. The molecule has 1 N–H and O–H groups in total. The molecule has 150 valence electrons. The molecule has 1 saturated heterocycles. The van der Waals surface area contributed by atoms with Crippen LogP contribution in [0.3, 0.4) is 0 Å². The second-order valence-electron chi connectivity index (χ2n) is 7.37. The molecule has 9 heteroatoms. The number of urea groups is 1. The van der Waals surface area contributed by atoms with E-state index in [2.05, 4.69) is 10.2 Å². The van der Waals surface area contributed by atoms with Crippen LogP contribution >= 0.6 is 0 Å². The highest BCUT2D eigenvalue weighted by Gasteiger charge is 2.43. The van der Waals surface area contributed by atoms with Crippen LogP contribution in [0.25, 0.3) is 0 Å². The molecule has 28 heavy (non-hydrogen) atoms. The highest BCUT2D eigenvalue weighted by Crippen LogP contribution is 2.37. The molecule has 0 spiro atoms. The molecule has 0 saturated carbocycles. The minimum atomic E-state index is -1.32. The zero-order chi connectivity index (χ0) is 20.0. The lowest BCUT2D eigenvalue weighted by atomic mass is 9.95. The summed E-state index contributed by atoms with van der Waals surface area (Å²) >= 11 is 0. The van der Waals surface area contributed by atoms with E-state index in [0.29, 0.717) is 24.4 Å². The molecule has 3 heterocycles. The lowest BCUT2D eigenvalue weighted by Crippen LogP contribution is -2.45. The second kappa shape index (κ2) is 7.12. The largest absolute Gasteiger partial charge is 0.332 e. The summed E-state index contributed by atoms with van der Waals surface area (Å²) in [5.41, 5.74) is 0.403. The zero-order valence-corrected chi connectivity index (χ0v) is 15.5. The number of rotatable bonds is 4. The lowest BCUT2D eigenvalue weighted by Gasteiger charge is -2.31. The summed E-state index contributed by atoms with van der Waals surface area (Å²) in [5.74, 6) is -3.89. The molecule has 1 fully saturated rings. The summed E-state index contributed by atoms with van der Waals surface area (Å²) in [6, 6.07) is -0.550. The van der Waals surface area contributed by atoms with E-state index in [1.54, 1.807) is 4.90 Å². The van der Waals surface area contributed by atoms with Gasteiger partial charge in [-0.3, -0.25) is 9.69 Å². The van der Waals surface area contributed by atoms with Gasteiger partial charge in [-0.1, -0.05) is 0 Å². The number of likely N-dealkylation sites (N-methyl/N-ethyl adjacent to an activating group) is 1. The van der Waals surface area contributed by atoms with E-state index in [-0.39, 0.29) is 23.6 Å². The first-order chi connectivity index (χ1) is 13.4. The normalized spacial score (nSPS) is 22.9. The Morgan fingerprint density at radius 2 is 1.71 bits per heavy atom. The van der Waals surface area contributed by atoms with Gasteiger partial charge in [0.05, 0.1) is 23.9 Å². The Balaban J connectivity index is 1.63. The quantitative estimate of drug-likeness (QED) is 0.795. The number of amides is 3. The third-order valence-electron chi connectivity index (χ3n) is 5.67. The number of hydrogen-bond donors (Lipinski definition) is 1. The first-order valence-corrected chi connectivity index (χ1v) is 9.30. The van der Waals surface area contributed by atoms with E-state index in [1.807, 2.05) is 0 Å². The summed E-state index contributed by atoms with van der Waals surface area (Å²) < 4.78 is 41.4. The van der Waals surface area contributed by atoms with Crippen molar-refractivity contribution in [3.05, 3.63) is 46.4 Å². The number of nitrogens with one attached hydrogen (secondary N) is 1. The van der Waals surface area contributed by atoms with Gasteiger partial charge in [0.15, 0.2) is 11.6 Å². The molecular weight excluding hydrogens is 373 g/mol. The highest BCUT2D eigenvalue weighted by atomic mass is 19.2. The van der Waals surface area contributed by atoms with Gasteiger partial charge in [0.1, 0.15) is 5.82 Å². The van der Waals surface area contributed by atoms with Gasteiger partial charge in [0.25, 0.3) is 5.91 Å². The molecule has 0 aromatic heterocycles. The number of carbonyl (C=O) groups is 2. The van der Waals surface area contributed by atoms with E-state index in [4.69, 9.17) is 0 Å². The molecule has 4 rings (SSSR count). The molecule has 3 aliphatic rings. The lowest BCUT2D eigenvalue weighted by molar-refractivity contribution is -0.126.